The van der Waals surface area contributed by atoms with Crippen LogP contribution in [0, 0.1) is 11.8 Å². The minimum atomic E-state index is -0.322. The van der Waals surface area contributed by atoms with Gasteiger partial charge in [0.1, 0.15) is 0 Å². The van der Waals surface area contributed by atoms with Gasteiger partial charge < -0.3 is 9.47 Å². The van der Waals surface area contributed by atoms with E-state index in [1.54, 1.807) is 0 Å². The summed E-state index contributed by atoms with van der Waals surface area (Å²) in [5, 5.41) is 0. The van der Waals surface area contributed by atoms with Gasteiger partial charge in [-0.05, 0) is 97.3 Å². The molecule has 0 spiro atoms. The SMILES string of the molecule is C=CC(=O)OCC1CCC(c2ccc(-c3ccc(C4CCC(COC(=O)C=C)CC4)cc3)cc2)CC1. The van der Waals surface area contributed by atoms with Crippen molar-refractivity contribution in [2.75, 3.05) is 13.2 Å². The summed E-state index contributed by atoms with van der Waals surface area (Å²) in [6.07, 6.45) is 11.4. The van der Waals surface area contributed by atoms with Crippen LogP contribution in [0.5, 0.6) is 0 Å². The normalized spacial score (nSPS) is 23.9. The predicted molar refractivity (Wildman–Crippen MR) is 144 cm³/mol. The maximum absolute atomic E-state index is 11.3. The largest absolute Gasteiger partial charge is 0.462 e. The zero-order valence-corrected chi connectivity index (χ0v) is 21.2. The van der Waals surface area contributed by atoms with Gasteiger partial charge >= 0.3 is 11.9 Å². The molecule has 0 radical (unpaired) electrons. The van der Waals surface area contributed by atoms with Gasteiger partial charge in [-0.25, -0.2) is 9.59 Å². The molecule has 0 N–H and O–H groups in total. The molecule has 0 amide bonds. The average molecular weight is 487 g/mol. The van der Waals surface area contributed by atoms with Crippen molar-refractivity contribution in [3.8, 4) is 11.1 Å². The maximum atomic E-state index is 11.3. The molecule has 4 nitrogen and oxygen atoms in total. The molecule has 0 aromatic heterocycles. The quantitative estimate of drug-likeness (QED) is 0.274. The van der Waals surface area contributed by atoms with Crippen LogP contribution in [-0.2, 0) is 19.1 Å². The van der Waals surface area contributed by atoms with Crippen molar-refractivity contribution >= 4 is 11.9 Å². The lowest BCUT2D eigenvalue weighted by Crippen LogP contribution is -2.19. The third-order valence-corrected chi connectivity index (χ3v) is 8.05. The van der Waals surface area contributed by atoms with E-state index in [1.165, 1.54) is 34.4 Å². The third kappa shape index (κ3) is 6.96. The van der Waals surface area contributed by atoms with Gasteiger partial charge in [0.25, 0.3) is 0 Å². The molecule has 0 bridgehead atoms. The summed E-state index contributed by atoms with van der Waals surface area (Å²) in [6.45, 7) is 7.94. The lowest BCUT2D eigenvalue weighted by molar-refractivity contribution is -0.140. The Balaban J connectivity index is 1.25. The number of carbonyl (C=O) groups excluding carboxylic acids is 2. The number of ether oxygens (including phenoxy) is 2. The van der Waals surface area contributed by atoms with Crippen molar-refractivity contribution in [1.82, 2.24) is 0 Å². The summed E-state index contributed by atoms with van der Waals surface area (Å²) in [6, 6.07) is 18.1. The standard InChI is InChI=1S/C32H38O4/c1-3-31(33)35-21-23-5-9-25(10-6-23)27-13-17-29(18-14-27)30-19-15-28(16-20-30)26-11-7-24(8-12-26)22-36-32(34)4-2/h3-4,13-20,23-26H,1-2,5-12,21-22H2. The zero-order valence-electron chi connectivity index (χ0n) is 21.2. The second-order valence-electron chi connectivity index (χ2n) is 10.3. The Morgan fingerprint density at radius 2 is 0.944 bits per heavy atom. The van der Waals surface area contributed by atoms with E-state index in [0.717, 1.165) is 51.4 Å². The second-order valence-corrected chi connectivity index (χ2v) is 10.3. The molecule has 4 rings (SSSR count). The number of esters is 2. The van der Waals surface area contributed by atoms with Crippen LogP contribution in [0.2, 0.25) is 0 Å². The Hall–Kier alpha value is -3.14. The minimum absolute atomic E-state index is 0.322. The average Bonchev–Trinajstić information content (AvgIpc) is 2.95. The van der Waals surface area contributed by atoms with Crippen LogP contribution in [0.4, 0.5) is 0 Å². The van der Waals surface area contributed by atoms with E-state index in [4.69, 9.17) is 9.47 Å². The predicted octanol–water partition coefficient (Wildman–Crippen LogP) is 7.36. The van der Waals surface area contributed by atoms with Gasteiger partial charge in [-0.15, -0.1) is 0 Å². The summed E-state index contributed by atoms with van der Waals surface area (Å²) in [4.78, 5) is 22.6. The topological polar surface area (TPSA) is 52.6 Å². The summed E-state index contributed by atoms with van der Waals surface area (Å²) < 4.78 is 10.5. The van der Waals surface area contributed by atoms with Gasteiger partial charge in [-0.3, -0.25) is 0 Å². The van der Waals surface area contributed by atoms with E-state index in [-0.39, 0.29) is 11.9 Å². The van der Waals surface area contributed by atoms with Crippen molar-refractivity contribution in [3.05, 3.63) is 85.0 Å². The highest BCUT2D eigenvalue weighted by Crippen LogP contribution is 2.38. The molecule has 2 aromatic carbocycles. The van der Waals surface area contributed by atoms with Crippen LogP contribution in [-0.4, -0.2) is 25.2 Å². The molecule has 0 heterocycles. The van der Waals surface area contributed by atoms with E-state index in [9.17, 15) is 9.59 Å². The Morgan fingerprint density at radius 3 is 1.25 bits per heavy atom. The lowest BCUT2D eigenvalue weighted by atomic mass is 9.78. The van der Waals surface area contributed by atoms with Gasteiger partial charge in [-0.2, -0.15) is 0 Å². The number of rotatable bonds is 9. The molecule has 0 aliphatic heterocycles. The first-order chi connectivity index (χ1) is 17.6. The van der Waals surface area contributed by atoms with E-state index in [1.807, 2.05) is 0 Å². The fourth-order valence-electron chi connectivity index (χ4n) is 5.74. The van der Waals surface area contributed by atoms with E-state index in [2.05, 4.69) is 61.7 Å². The molecule has 0 saturated heterocycles. The molecule has 0 atom stereocenters. The number of benzene rings is 2. The Morgan fingerprint density at radius 1 is 0.611 bits per heavy atom. The van der Waals surface area contributed by atoms with Gasteiger partial charge in [0, 0.05) is 12.2 Å². The molecule has 2 aromatic rings. The van der Waals surface area contributed by atoms with Crippen molar-refractivity contribution < 1.29 is 19.1 Å². The number of hydrogen-bond acceptors (Lipinski definition) is 4. The highest BCUT2D eigenvalue weighted by molar-refractivity contribution is 5.81. The van der Waals surface area contributed by atoms with E-state index >= 15 is 0 Å². The van der Waals surface area contributed by atoms with Gasteiger partial charge in [0.2, 0.25) is 0 Å². The van der Waals surface area contributed by atoms with Gasteiger partial charge in [-0.1, -0.05) is 61.7 Å². The second kappa shape index (κ2) is 12.7. The molecule has 0 unspecified atom stereocenters. The molecule has 36 heavy (non-hydrogen) atoms. The molecule has 2 fully saturated rings. The van der Waals surface area contributed by atoms with Crippen LogP contribution in [0.15, 0.2) is 73.8 Å². The Kier molecular flexibility index (Phi) is 9.16. The summed E-state index contributed by atoms with van der Waals surface area (Å²) in [7, 11) is 0. The lowest BCUT2D eigenvalue weighted by Gasteiger charge is -2.28. The zero-order chi connectivity index (χ0) is 25.3. The smallest absolute Gasteiger partial charge is 0.330 e. The van der Waals surface area contributed by atoms with Gasteiger partial charge in [0.15, 0.2) is 0 Å². The van der Waals surface area contributed by atoms with Gasteiger partial charge in [0.05, 0.1) is 13.2 Å². The Bertz CT molecular complexity index is 935. The molecule has 2 saturated carbocycles. The summed E-state index contributed by atoms with van der Waals surface area (Å²) in [5.41, 5.74) is 5.33. The number of carbonyl (C=O) groups is 2. The van der Waals surface area contributed by atoms with E-state index in [0.29, 0.717) is 36.9 Å². The Labute approximate surface area is 215 Å². The van der Waals surface area contributed by atoms with Crippen LogP contribution >= 0.6 is 0 Å². The van der Waals surface area contributed by atoms with Crippen LogP contribution < -0.4 is 0 Å². The molecule has 2 aliphatic rings. The van der Waals surface area contributed by atoms with Crippen LogP contribution in [0.1, 0.15) is 74.3 Å². The fourth-order valence-corrected chi connectivity index (χ4v) is 5.74. The molecule has 2 aliphatic carbocycles. The number of hydrogen-bond donors (Lipinski definition) is 0. The fraction of sp³-hybridized carbons (Fsp3) is 0.438. The van der Waals surface area contributed by atoms with Crippen LogP contribution in [0.3, 0.4) is 0 Å². The summed E-state index contributed by atoms with van der Waals surface area (Å²) in [5.74, 6) is 1.46. The highest BCUT2D eigenvalue weighted by Gasteiger charge is 2.24. The van der Waals surface area contributed by atoms with Crippen molar-refractivity contribution in [3.63, 3.8) is 0 Å². The van der Waals surface area contributed by atoms with Crippen molar-refractivity contribution in [1.29, 1.82) is 0 Å². The first kappa shape index (κ1) is 25.9. The first-order valence-electron chi connectivity index (χ1n) is 13.3. The minimum Gasteiger partial charge on any atom is -0.462 e. The van der Waals surface area contributed by atoms with Crippen molar-refractivity contribution in [2.45, 2.75) is 63.2 Å². The molecule has 190 valence electrons. The van der Waals surface area contributed by atoms with Crippen LogP contribution in [0.25, 0.3) is 11.1 Å². The maximum Gasteiger partial charge on any atom is 0.330 e. The summed E-state index contributed by atoms with van der Waals surface area (Å²) >= 11 is 0. The monoisotopic (exact) mass is 486 g/mol. The molecular weight excluding hydrogens is 448 g/mol. The highest BCUT2D eigenvalue weighted by atomic mass is 16.5. The third-order valence-electron chi connectivity index (χ3n) is 8.05. The first-order valence-corrected chi connectivity index (χ1v) is 13.3. The molecule has 4 heteroatoms. The molecular formula is C32H38O4. The van der Waals surface area contributed by atoms with Crippen molar-refractivity contribution in [2.24, 2.45) is 11.8 Å². The van der Waals surface area contributed by atoms with E-state index < -0.39 is 0 Å².